The van der Waals surface area contributed by atoms with Crippen molar-refractivity contribution in [3.05, 3.63) is 53.8 Å². The minimum atomic E-state index is -0.463. The molecule has 2 N–H and O–H groups in total. The van der Waals surface area contributed by atoms with E-state index in [9.17, 15) is 9.50 Å². The summed E-state index contributed by atoms with van der Waals surface area (Å²) >= 11 is 0. The Hall–Kier alpha value is -2.27. The average molecular weight is 291 g/mol. The summed E-state index contributed by atoms with van der Waals surface area (Å²) in [6, 6.07) is 11.5. The van der Waals surface area contributed by atoms with Gasteiger partial charge in [0.05, 0.1) is 32.6 Å². The zero-order valence-electron chi connectivity index (χ0n) is 12.0. The van der Waals surface area contributed by atoms with E-state index in [4.69, 9.17) is 9.47 Å². The van der Waals surface area contributed by atoms with E-state index < -0.39 is 11.9 Å². The fraction of sp³-hybridized carbons (Fsp3) is 0.250. The van der Waals surface area contributed by atoms with Crippen molar-refractivity contribution in [1.82, 2.24) is 0 Å². The quantitative estimate of drug-likeness (QED) is 0.859. The maximum Gasteiger partial charge on any atom is 0.165 e. The second-order valence-corrected chi connectivity index (χ2v) is 4.47. The van der Waals surface area contributed by atoms with Crippen LogP contribution in [0.4, 0.5) is 10.1 Å². The first-order chi connectivity index (χ1) is 10.2. The molecule has 0 saturated heterocycles. The third-order valence-electron chi connectivity index (χ3n) is 3.20. The van der Waals surface area contributed by atoms with E-state index in [1.54, 1.807) is 13.2 Å². The summed E-state index contributed by atoms with van der Waals surface area (Å²) in [5, 5.41) is 12.7. The topological polar surface area (TPSA) is 50.7 Å². The van der Waals surface area contributed by atoms with Crippen molar-refractivity contribution in [3.63, 3.8) is 0 Å². The third kappa shape index (κ3) is 3.44. The molecular formula is C16H18FNO3. The number of para-hydroxylation sites is 2. The fourth-order valence-corrected chi connectivity index (χ4v) is 2.09. The lowest BCUT2D eigenvalue weighted by Crippen LogP contribution is -2.15. The molecule has 0 aromatic heterocycles. The van der Waals surface area contributed by atoms with Crippen molar-refractivity contribution in [3.8, 4) is 11.5 Å². The van der Waals surface area contributed by atoms with E-state index >= 15 is 0 Å². The van der Waals surface area contributed by atoms with Crippen molar-refractivity contribution in [2.75, 3.05) is 26.1 Å². The predicted molar refractivity (Wildman–Crippen MR) is 79.4 cm³/mol. The predicted octanol–water partition coefficient (Wildman–Crippen LogP) is 2.99. The Morgan fingerprint density at radius 1 is 1.10 bits per heavy atom. The summed E-state index contributed by atoms with van der Waals surface area (Å²) in [5.74, 6) is 0.368. The Balaban J connectivity index is 2.25. The van der Waals surface area contributed by atoms with Crippen LogP contribution in [0.5, 0.6) is 11.5 Å². The van der Waals surface area contributed by atoms with Crippen LogP contribution in [0.1, 0.15) is 11.6 Å². The van der Waals surface area contributed by atoms with Gasteiger partial charge in [-0.15, -0.1) is 0 Å². The van der Waals surface area contributed by atoms with Gasteiger partial charge in [-0.2, -0.15) is 0 Å². The summed E-state index contributed by atoms with van der Waals surface area (Å²) < 4.78 is 23.9. The molecule has 5 heteroatoms. The van der Waals surface area contributed by atoms with Gasteiger partial charge in [0.15, 0.2) is 11.6 Å². The van der Waals surface area contributed by atoms with Crippen LogP contribution < -0.4 is 14.8 Å². The molecule has 2 rings (SSSR count). The van der Waals surface area contributed by atoms with E-state index in [-0.39, 0.29) is 12.4 Å². The number of rotatable bonds is 6. The number of aliphatic hydroxyl groups excluding tert-OH is 1. The molecule has 0 aliphatic heterocycles. The summed E-state index contributed by atoms with van der Waals surface area (Å²) in [7, 11) is 2.98. The Labute approximate surface area is 123 Å². The van der Waals surface area contributed by atoms with Crippen molar-refractivity contribution in [2.45, 2.75) is 6.04 Å². The first kappa shape index (κ1) is 15.1. The van der Waals surface area contributed by atoms with Gasteiger partial charge in [-0.05, 0) is 29.8 Å². The van der Waals surface area contributed by atoms with Crippen LogP contribution in [0.3, 0.4) is 0 Å². The highest BCUT2D eigenvalue weighted by atomic mass is 19.1. The lowest BCUT2D eigenvalue weighted by molar-refractivity contribution is 0.275. The molecule has 0 bridgehead atoms. The maximum absolute atomic E-state index is 13.8. The highest BCUT2D eigenvalue weighted by Crippen LogP contribution is 2.29. The molecule has 0 spiro atoms. The molecule has 0 aliphatic carbocycles. The average Bonchev–Trinajstić information content (AvgIpc) is 2.52. The van der Waals surface area contributed by atoms with Crippen molar-refractivity contribution < 1.29 is 19.0 Å². The van der Waals surface area contributed by atoms with Gasteiger partial charge in [-0.25, -0.2) is 4.39 Å². The van der Waals surface area contributed by atoms with Crippen LogP contribution in [0, 0.1) is 5.82 Å². The highest BCUT2D eigenvalue weighted by molar-refractivity contribution is 5.57. The summed E-state index contributed by atoms with van der Waals surface area (Å²) in [4.78, 5) is 0. The van der Waals surface area contributed by atoms with E-state index in [0.717, 1.165) is 5.69 Å². The van der Waals surface area contributed by atoms with Crippen LogP contribution >= 0.6 is 0 Å². The van der Waals surface area contributed by atoms with Gasteiger partial charge in [-0.1, -0.05) is 18.2 Å². The van der Waals surface area contributed by atoms with Crippen molar-refractivity contribution >= 4 is 5.69 Å². The van der Waals surface area contributed by atoms with Crippen LogP contribution in [0.25, 0.3) is 0 Å². The minimum Gasteiger partial charge on any atom is -0.495 e. The van der Waals surface area contributed by atoms with E-state index in [1.807, 2.05) is 24.3 Å². The molecule has 0 aliphatic rings. The van der Waals surface area contributed by atoms with E-state index in [1.165, 1.54) is 19.2 Å². The number of aliphatic hydroxyl groups is 1. The van der Waals surface area contributed by atoms with Crippen molar-refractivity contribution in [2.24, 2.45) is 0 Å². The molecule has 1 atom stereocenters. The minimum absolute atomic E-state index is 0.174. The molecular weight excluding hydrogens is 273 g/mol. The van der Waals surface area contributed by atoms with Crippen LogP contribution in [0.2, 0.25) is 0 Å². The number of hydrogen-bond donors (Lipinski definition) is 2. The van der Waals surface area contributed by atoms with E-state index in [2.05, 4.69) is 5.32 Å². The zero-order valence-corrected chi connectivity index (χ0v) is 12.0. The van der Waals surface area contributed by atoms with Gasteiger partial charge in [0, 0.05) is 0 Å². The number of nitrogens with one attached hydrogen (secondary N) is 1. The van der Waals surface area contributed by atoms with Crippen LogP contribution in [-0.2, 0) is 0 Å². The number of ether oxygens (including phenoxy) is 2. The van der Waals surface area contributed by atoms with Crippen molar-refractivity contribution in [1.29, 1.82) is 0 Å². The number of hydrogen-bond acceptors (Lipinski definition) is 4. The Bertz CT molecular complexity index is 604. The van der Waals surface area contributed by atoms with Gasteiger partial charge in [-0.3, -0.25) is 0 Å². The summed E-state index contributed by atoms with van der Waals surface area (Å²) in [6.07, 6.45) is 0. The molecule has 1 unspecified atom stereocenters. The zero-order chi connectivity index (χ0) is 15.2. The fourth-order valence-electron chi connectivity index (χ4n) is 2.09. The molecule has 0 saturated carbocycles. The number of anilines is 1. The van der Waals surface area contributed by atoms with Gasteiger partial charge in [0.25, 0.3) is 0 Å². The Morgan fingerprint density at radius 2 is 1.81 bits per heavy atom. The summed E-state index contributed by atoms with van der Waals surface area (Å²) in [5.41, 5.74) is 1.36. The highest BCUT2D eigenvalue weighted by Gasteiger charge is 2.14. The van der Waals surface area contributed by atoms with E-state index in [0.29, 0.717) is 11.3 Å². The number of benzene rings is 2. The maximum atomic E-state index is 13.8. The molecule has 0 fully saturated rings. The SMILES string of the molecule is COc1ccc(C(CO)Nc2ccccc2OC)cc1F. The molecule has 0 heterocycles. The van der Waals surface area contributed by atoms with Gasteiger partial charge in [0.1, 0.15) is 5.75 Å². The molecule has 0 radical (unpaired) electrons. The normalized spacial score (nSPS) is 11.8. The smallest absolute Gasteiger partial charge is 0.165 e. The largest absolute Gasteiger partial charge is 0.495 e. The van der Waals surface area contributed by atoms with Gasteiger partial charge in [0.2, 0.25) is 0 Å². The number of halogens is 1. The van der Waals surface area contributed by atoms with Crippen LogP contribution in [-0.4, -0.2) is 25.9 Å². The molecule has 4 nitrogen and oxygen atoms in total. The molecule has 0 amide bonds. The molecule has 2 aromatic carbocycles. The summed E-state index contributed by atoms with van der Waals surface area (Å²) in [6.45, 7) is -0.177. The lowest BCUT2D eigenvalue weighted by Gasteiger charge is -2.20. The lowest BCUT2D eigenvalue weighted by atomic mass is 10.1. The standard InChI is InChI=1S/C16H18FNO3/c1-20-15-8-7-11(9-12(15)17)14(10-19)18-13-5-3-4-6-16(13)21-2/h3-9,14,18-19H,10H2,1-2H3. The first-order valence-corrected chi connectivity index (χ1v) is 6.53. The number of methoxy groups -OCH3 is 2. The second-order valence-electron chi connectivity index (χ2n) is 4.47. The first-order valence-electron chi connectivity index (χ1n) is 6.53. The molecule has 2 aromatic rings. The Morgan fingerprint density at radius 3 is 2.43 bits per heavy atom. The molecule has 112 valence electrons. The van der Waals surface area contributed by atoms with Gasteiger partial charge >= 0.3 is 0 Å². The monoisotopic (exact) mass is 291 g/mol. The Kier molecular flexibility index (Phi) is 5.00. The second kappa shape index (κ2) is 6.95. The van der Waals surface area contributed by atoms with Crippen LogP contribution in [0.15, 0.2) is 42.5 Å². The molecule has 21 heavy (non-hydrogen) atoms. The van der Waals surface area contributed by atoms with Gasteiger partial charge < -0.3 is 19.9 Å². The third-order valence-corrected chi connectivity index (χ3v) is 3.20.